The Morgan fingerprint density at radius 3 is 2.19 bits per heavy atom. The number of hydrogen-bond donors (Lipinski definition) is 3. The van der Waals surface area contributed by atoms with E-state index in [2.05, 4.69) is 47.1 Å². The van der Waals surface area contributed by atoms with Gasteiger partial charge in [-0.15, -0.1) is 12.4 Å². The van der Waals surface area contributed by atoms with E-state index in [0.717, 1.165) is 19.5 Å². The molecule has 140 valence electrons. The minimum atomic E-state index is -0.0735. The first kappa shape index (κ1) is 20.3. The minimum absolute atomic E-state index is 0. The SMILES string of the molecule is C[C@H]1CNCC[C@H]1NC(=O)NCC(c1ccccc1)c1ccccc1.Cl. The van der Waals surface area contributed by atoms with Gasteiger partial charge in [0.1, 0.15) is 0 Å². The van der Waals surface area contributed by atoms with Gasteiger partial charge in [-0.2, -0.15) is 0 Å². The normalized spacial score (nSPS) is 19.5. The molecule has 0 saturated carbocycles. The second-order valence-corrected chi connectivity index (χ2v) is 6.80. The minimum Gasteiger partial charge on any atom is -0.337 e. The molecule has 1 fully saturated rings. The van der Waals surface area contributed by atoms with E-state index in [0.29, 0.717) is 12.5 Å². The molecular formula is C21H28ClN3O. The van der Waals surface area contributed by atoms with Gasteiger partial charge in [0, 0.05) is 18.5 Å². The molecule has 4 nitrogen and oxygen atoms in total. The number of halogens is 1. The maximum Gasteiger partial charge on any atom is 0.315 e. The summed E-state index contributed by atoms with van der Waals surface area (Å²) in [5.41, 5.74) is 2.42. The van der Waals surface area contributed by atoms with E-state index < -0.39 is 0 Å². The van der Waals surface area contributed by atoms with Crippen LogP contribution in [0.5, 0.6) is 0 Å². The number of amides is 2. The number of benzene rings is 2. The number of hydrogen-bond acceptors (Lipinski definition) is 2. The van der Waals surface area contributed by atoms with Gasteiger partial charge in [0.25, 0.3) is 0 Å². The summed E-state index contributed by atoms with van der Waals surface area (Å²) in [7, 11) is 0. The zero-order valence-electron chi connectivity index (χ0n) is 15.2. The van der Waals surface area contributed by atoms with Gasteiger partial charge in [0.05, 0.1) is 0 Å². The third-order valence-corrected chi connectivity index (χ3v) is 4.97. The molecule has 1 saturated heterocycles. The van der Waals surface area contributed by atoms with Crippen LogP contribution in [0.3, 0.4) is 0 Å². The number of piperidine rings is 1. The number of carbonyl (C=O) groups excluding carboxylic acids is 1. The zero-order chi connectivity index (χ0) is 17.5. The Morgan fingerprint density at radius 2 is 1.65 bits per heavy atom. The van der Waals surface area contributed by atoms with E-state index in [9.17, 15) is 4.79 Å². The van der Waals surface area contributed by atoms with Crippen LogP contribution in [0.4, 0.5) is 4.79 Å². The van der Waals surface area contributed by atoms with Crippen molar-refractivity contribution in [1.29, 1.82) is 0 Å². The molecule has 1 aliphatic rings. The fraction of sp³-hybridized carbons (Fsp3) is 0.381. The fourth-order valence-corrected chi connectivity index (χ4v) is 3.44. The van der Waals surface area contributed by atoms with Crippen LogP contribution in [0.25, 0.3) is 0 Å². The van der Waals surface area contributed by atoms with Crippen molar-refractivity contribution in [1.82, 2.24) is 16.0 Å². The number of urea groups is 1. The highest BCUT2D eigenvalue weighted by molar-refractivity contribution is 5.85. The van der Waals surface area contributed by atoms with Crippen LogP contribution >= 0.6 is 12.4 Å². The lowest BCUT2D eigenvalue weighted by Gasteiger charge is -2.30. The Balaban J connectivity index is 0.00000243. The van der Waals surface area contributed by atoms with Crippen molar-refractivity contribution < 1.29 is 4.79 Å². The van der Waals surface area contributed by atoms with Crippen LogP contribution in [0.15, 0.2) is 60.7 Å². The smallest absolute Gasteiger partial charge is 0.315 e. The lowest BCUT2D eigenvalue weighted by Crippen LogP contribution is -2.51. The molecule has 26 heavy (non-hydrogen) atoms. The van der Waals surface area contributed by atoms with Crippen molar-refractivity contribution in [2.45, 2.75) is 25.3 Å². The molecular weight excluding hydrogens is 346 g/mol. The third kappa shape index (κ3) is 5.48. The van der Waals surface area contributed by atoms with Crippen molar-refractivity contribution >= 4 is 18.4 Å². The van der Waals surface area contributed by atoms with E-state index in [1.54, 1.807) is 0 Å². The Morgan fingerprint density at radius 1 is 1.08 bits per heavy atom. The second kappa shape index (κ2) is 10.2. The highest BCUT2D eigenvalue weighted by atomic mass is 35.5. The summed E-state index contributed by atoms with van der Waals surface area (Å²) in [4.78, 5) is 12.4. The van der Waals surface area contributed by atoms with Crippen molar-refractivity contribution in [3.8, 4) is 0 Å². The predicted molar refractivity (Wildman–Crippen MR) is 109 cm³/mol. The highest BCUT2D eigenvalue weighted by Gasteiger charge is 2.23. The summed E-state index contributed by atoms with van der Waals surface area (Å²) in [6.45, 7) is 4.68. The van der Waals surface area contributed by atoms with Crippen LogP contribution < -0.4 is 16.0 Å². The molecule has 2 atom stereocenters. The van der Waals surface area contributed by atoms with Crippen LogP contribution in [0.2, 0.25) is 0 Å². The van der Waals surface area contributed by atoms with Gasteiger partial charge in [-0.25, -0.2) is 4.79 Å². The first-order valence-electron chi connectivity index (χ1n) is 9.09. The van der Waals surface area contributed by atoms with E-state index in [1.807, 2.05) is 36.4 Å². The van der Waals surface area contributed by atoms with Gasteiger partial charge < -0.3 is 16.0 Å². The van der Waals surface area contributed by atoms with Gasteiger partial charge in [-0.1, -0.05) is 67.6 Å². The Labute approximate surface area is 162 Å². The second-order valence-electron chi connectivity index (χ2n) is 6.80. The molecule has 0 radical (unpaired) electrons. The molecule has 2 aromatic carbocycles. The quantitative estimate of drug-likeness (QED) is 0.750. The molecule has 0 aromatic heterocycles. The molecule has 0 aliphatic carbocycles. The average Bonchev–Trinajstić information content (AvgIpc) is 2.66. The standard InChI is InChI=1S/C21H27N3O.ClH/c1-16-14-22-13-12-20(16)24-21(25)23-15-19(17-8-4-2-5-9-17)18-10-6-3-7-11-18;/h2-11,16,19-20,22H,12-15H2,1H3,(H2,23,24,25);1H/t16-,20+;/m0./s1. The summed E-state index contributed by atoms with van der Waals surface area (Å²) >= 11 is 0. The van der Waals surface area contributed by atoms with Crippen LogP contribution in [0, 0.1) is 5.92 Å². The Bertz CT molecular complexity index is 626. The van der Waals surface area contributed by atoms with Gasteiger partial charge >= 0.3 is 6.03 Å². The van der Waals surface area contributed by atoms with Crippen LogP contribution in [-0.4, -0.2) is 31.7 Å². The highest BCUT2D eigenvalue weighted by Crippen LogP contribution is 2.23. The molecule has 0 unspecified atom stereocenters. The Hall–Kier alpha value is -2.04. The van der Waals surface area contributed by atoms with Crippen LogP contribution in [0.1, 0.15) is 30.4 Å². The maximum absolute atomic E-state index is 12.4. The molecule has 0 spiro atoms. The molecule has 1 aliphatic heterocycles. The molecule has 5 heteroatoms. The Kier molecular flexibility index (Phi) is 7.95. The molecule has 2 amide bonds. The number of nitrogens with one attached hydrogen (secondary N) is 3. The van der Waals surface area contributed by atoms with Crippen molar-refractivity contribution in [2.24, 2.45) is 5.92 Å². The lowest BCUT2D eigenvalue weighted by atomic mass is 9.91. The molecule has 0 bridgehead atoms. The first-order valence-corrected chi connectivity index (χ1v) is 9.09. The monoisotopic (exact) mass is 373 g/mol. The van der Waals surface area contributed by atoms with Crippen LogP contribution in [-0.2, 0) is 0 Å². The first-order chi connectivity index (χ1) is 12.2. The summed E-state index contributed by atoms with van der Waals surface area (Å²) in [5.74, 6) is 0.608. The molecule has 3 rings (SSSR count). The van der Waals surface area contributed by atoms with E-state index >= 15 is 0 Å². The summed E-state index contributed by atoms with van der Waals surface area (Å²) < 4.78 is 0. The molecule has 1 heterocycles. The van der Waals surface area contributed by atoms with E-state index in [4.69, 9.17) is 0 Å². The van der Waals surface area contributed by atoms with Crippen molar-refractivity contribution in [3.05, 3.63) is 71.8 Å². The fourth-order valence-electron chi connectivity index (χ4n) is 3.44. The summed E-state index contributed by atoms with van der Waals surface area (Å²) in [6.07, 6.45) is 0.982. The van der Waals surface area contributed by atoms with Crippen molar-refractivity contribution in [3.63, 3.8) is 0 Å². The van der Waals surface area contributed by atoms with E-state index in [1.165, 1.54) is 11.1 Å². The van der Waals surface area contributed by atoms with E-state index in [-0.39, 0.29) is 30.4 Å². The largest absolute Gasteiger partial charge is 0.337 e. The number of carbonyl (C=O) groups is 1. The topological polar surface area (TPSA) is 53.2 Å². The van der Waals surface area contributed by atoms with Crippen molar-refractivity contribution in [2.75, 3.05) is 19.6 Å². The molecule has 3 N–H and O–H groups in total. The van der Waals surface area contributed by atoms with Gasteiger partial charge in [0.15, 0.2) is 0 Å². The predicted octanol–water partition coefficient (Wildman–Crippen LogP) is 3.54. The van der Waals surface area contributed by atoms with Gasteiger partial charge in [-0.3, -0.25) is 0 Å². The number of rotatable bonds is 5. The summed E-state index contributed by atoms with van der Waals surface area (Å²) in [6, 6.07) is 20.8. The van der Waals surface area contributed by atoms with Gasteiger partial charge in [0.2, 0.25) is 0 Å². The maximum atomic E-state index is 12.4. The third-order valence-electron chi connectivity index (χ3n) is 4.97. The molecule has 2 aromatic rings. The lowest BCUT2D eigenvalue weighted by molar-refractivity contribution is 0.224. The average molecular weight is 374 g/mol. The van der Waals surface area contributed by atoms with Gasteiger partial charge in [-0.05, 0) is 36.6 Å². The zero-order valence-corrected chi connectivity index (χ0v) is 16.0. The summed E-state index contributed by atoms with van der Waals surface area (Å²) in [5, 5.41) is 9.57.